The van der Waals surface area contributed by atoms with Gasteiger partial charge in [-0.05, 0) is 86.8 Å². The second kappa shape index (κ2) is 15.9. The van der Waals surface area contributed by atoms with E-state index >= 15 is 0 Å². The van der Waals surface area contributed by atoms with Crippen molar-refractivity contribution in [3.63, 3.8) is 0 Å². The van der Waals surface area contributed by atoms with Gasteiger partial charge in [-0.3, -0.25) is 0 Å². The Labute approximate surface area is 284 Å². The molecule has 0 amide bonds. The molecule has 0 spiro atoms. The lowest BCUT2D eigenvalue weighted by molar-refractivity contribution is 0.0472. The Morgan fingerprint density at radius 3 is 1.29 bits per heavy atom. The van der Waals surface area contributed by atoms with Crippen molar-refractivity contribution in [1.82, 2.24) is 0 Å². The summed E-state index contributed by atoms with van der Waals surface area (Å²) in [5.74, 6) is 0.335. The van der Waals surface area contributed by atoms with Crippen LogP contribution in [0.15, 0.2) is 164 Å². The summed E-state index contributed by atoms with van der Waals surface area (Å²) in [6, 6.07) is 51.8. The molecule has 0 saturated heterocycles. The van der Waals surface area contributed by atoms with Gasteiger partial charge < -0.3 is 19.3 Å². The maximum atomic E-state index is 12.3. The molecular weight excluding hydrogens is 612 g/mol. The van der Waals surface area contributed by atoms with E-state index in [0.717, 1.165) is 49.7 Å². The highest BCUT2D eigenvalue weighted by Crippen LogP contribution is 2.24. The second-order valence-corrected chi connectivity index (χ2v) is 11.4. The van der Waals surface area contributed by atoms with Crippen LogP contribution >= 0.6 is 0 Å². The zero-order chi connectivity index (χ0) is 33.8. The number of aromatic carboxylic acids is 1. The van der Waals surface area contributed by atoms with Crippen LogP contribution < -0.4 is 9.47 Å². The van der Waals surface area contributed by atoms with E-state index in [2.05, 4.69) is 0 Å². The molecule has 0 unspecified atom stereocenters. The van der Waals surface area contributed by atoms with Crippen molar-refractivity contribution in [2.75, 3.05) is 0 Å². The van der Waals surface area contributed by atoms with Crippen molar-refractivity contribution in [2.24, 2.45) is 0 Å². The van der Waals surface area contributed by atoms with Crippen molar-refractivity contribution in [2.45, 2.75) is 19.8 Å². The lowest BCUT2D eigenvalue weighted by Gasteiger charge is -2.09. The Kier molecular flexibility index (Phi) is 10.6. The first-order valence-corrected chi connectivity index (χ1v) is 15.9. The third-order valence-corrected chi connectivity index (χ3v) is 7.82. The molecule has 49 heavy (non-hydrogen) atoms. The molecular formula is C43H34O6. The Morgan fingerprint density at radius 2 is 0.816 bits per heavy atom. The van der Waals surface area contributed by atoms with Crippen molar-refractivity contribution < 1.29 is 28.9 Å². The van der Waals surface area contributed by atoms with Crippen LogP contribution in [0.3, 0.4) is 0 Å². The number of rotatable bonds is 10. The molecule has 6 heteroatoms. The molecule has 242 valence electrons. The van der Waals surface area contributed by atoms with Gasteiger partial charge in [-0.15, -0.1) is 0 Å². The van der Waals surface area contributed by atoms with Gasteiger partial charge in [-0.1, -0.05) is 115 Å². The summed E-state index contributed by atoms with van der Waals surface area (Å²) >= 11 is 0. The number of fused-ring (bicyclic) bond motifs is 2. The molecule has 1 N–H and O–H groups in total. The summed E-state index contributed by atoms with van der Waals surface area (Å²) in [6.45, 7) is 1.31. The number of hydrogen-bond donors (Lipinski definition) is 1. The van der Waals surface area contributed by atoms with Gasteiger partial charge in [0.05, 0.1) is 11.1 Å². The van der Waals surface area contributed by atoms with Crippen LogP contribution in [-0.2, 0) is 24.6 Å². The molecule has 0 radical (unpaired) electrons. The first kappa shape index (κ1) is 32.5. The molecule has 0 aliphatic rings. The molecule has 0 bridgehead atoms. The highest BCUT2D eigenvalue weighted by Gasteiger charge is 2.09. The van der Waals surface area contributed by atoms with Crippen LogP contribution in [-0.4, -0.2) is 17.0 Å². The summed E-state index contributed by atoms with van der Waals surface area (Å²) in [5, 5.41) is 12.8. The molecule has 7 aromatic carbocycles. The topological polar surface area (TPSA) is 82.1 Å². The average Bonchev–Trinajstić information content (AvgIpc) is 3.16. The molecule has 0 fully saturated rings. The van der Waals surface area contributed by atoms with Gasteiger partial charge >= 0.3 is 11.9 Å². The predicted molar refractivity (Wildman–Crippen MR) is 192 cm³/mol. The second-order valence-electron chi connectivity index (χ2n) is 11.4. The van der Waals surface area contributed by atoms with Gasteiger partial charge in [0.15, 0.2) is 0 Å². The highest BCUT2D eigenvalue weighted by atomic mass is 16.5. The summed E-state index contributed by atoms with van der Waals surface area (Å²) in [5.41, 5.74) is 4.04. The number of carboxylic acids is 1. The zero-order valence-electron chi connectivity index (χ0n) is 26.7. The highest BCUT2D eigenvalue weighted by molar-refractivity contribution is 5.96. The van der Waals surface area contributed by atoms with Crippen molar-refractivity contribution in [3.8, 4) is 11.5 Å². The fourth-order valence-electron chi connectivity index (χ4n) is 5.18. The van der Waals surface area contributed by atoms with E-state index in [-0.39, 0.29) is 12.6 Å². The number of carbonyl (C=O) groups is 2. The molecule has 0 atom stereocenters. The zero-order valence-corrected chi connectivity index (χ0v) is 26.7. The van der Waals surface area contributed by atoms with Crippen LogP contribution in [0.4, 0.5) is 0 Å². The third kappa shape index (κ3) is 9.11. The van der Waals surface area contributed by atoms with Crippen molar-refractivity contribution in [3.05, 3.63) is 192 Å². The molecule has 0 aromatic heterocycles. The minimum Gasteiger partial charge on any atom is -0.489 e. The Balaban J connectivity index is 0.000000177. The van der Waals surface area contributed by atoms with Gasteiger partial charge in [0.2, 0.25) is 0 Å². The molecule has 0 aliphatic heterocycles. The monoisotopic (exact) mass is 646 g/mol. The lowest BCUT2D eigenvalue weighted by Crippen LogP contribution is -2.05. The first-order valence-electron chi connectivity index (χ1n) is 15.9. The standard InChI is InChI=1S/C25H20O3.C18H14O3/c26-25(28-18-20-9-5-2-6-10-20)23-12-11-22-16-24(14-13-21(22)15-23)27-17-19-7-3-1-4-8-19;19-18(20)16-7-6-15-11-17(9-8-14(15)10-16)21-12-13-4-2-1-3-5-13/h1-16H,17-18H2;1-11H,12H2,(H,19,20). The van der Waals surface area contributed by atoms with E-state index in [4.69, 9.17) is 19.3 Å². The van der Waals surface area contributed by atoms with Gasteiger partial charge in [0, 0.05) is 0 Å². The van der Waals surface area contributed by atoms with Gasteiger partial charge in [-0.2, -0.15) is 0 Å². The molecule has 7 aromatic rings. The Hall–Kier alpha value is -6.40. The lowest BCUT2D eigenvalue weighted by atomic mass is 10.1. The van der Waals surface area contributed by atoms with E-state index in [0.29, 0.717) is 24.3 Å². The number of carbonyl (C=O) groups excluding carboxylic acids is 1. The summed E-state index contributed by atoms with van der Waals surface area (Å²) in [6.07, 6.45) is 0. The number of hydrogen-bond acceptors (Lipinski definition) is 5. The van der Waals surface area contributed by atoms with Gasteiger partial charge in [-0.25, -0.2) is 9.59 Å². The minimum atomic E-state index is -0.915. The largest absolute Gasteiger partial charge is 0.489 e. The summed E-state index contributed by atoms with van der Waals surface area (Å²) in [7, 11) is 0. The van der Waals surface area contributed by atoms with Crippen LogP contribution in [0.2, 0.25) is 0 Å². The van der Waals surface area contributed by atoms with E-state index in [1.165, 1.54) is 0 Å². The number of benzene rings is 7. The molecule has 7 rings (SSSR count). The van der Waals surface area contributed by atoms with Crippen molar-refractivity contribution >= 4 is 33.5 Å². The Morgan fingerprint density at radius 1 is 0.429 bits per heavy atom. The SMILES string of the molecule is O=C(O)c1ccc2cc(OCc3ccccc3)ccc2c1.O=C(OCc1ccccc1)c1ccc2cc(OCc3ccccc3)ccc2c1. The molecule has 0 saturated carbocycles. The first-order chi connectivity index (χ1) is 24.0. The van der Waals surface area contributed by atoms with E-state index in [1.807, 2.05) is 140 Å². The predicted octanol–water partition coefficient (Wildman–Crippen LogP) is 9.89. The normalized spacial score (nSPS) is 10.5. The fourth-order valence-corrected chi connectivity index (χ4v) is 5.18. The maximum Gasteiger partial charge on any atom is 0.338 e. The fraction of sp³-hybridized carbons (Fsp3) is 0.0698. The molecule has 0 heterocycles. The molecule has 0 aliphatic carbocycles. The number of carboxylic acid groups (broad SMARTS) is 1. The van der Waals surface area contributed by atoms with E-state index in [9.17, 15) is 9.59 Å². The number of ether oxygens (including phenoxy) is 3. The minimum absolute atomic E-state index is 0.268. The average molecular weight is 647 g/mol. The third-order valence-electron chi connectivity index (χ3n) is 7.82. The van der Waals surface area contributed by atoms with Gasteiger partial charge in [0.25, 0.3) is 0 Å². The summed E-state index contributed by atoms with van der Waals surface area (Å²) in [4.78, 5) is 23.3. The van der Waals surface area contributed by atoms with E-state index in [1.54, 1.807) is 24.3 Å². The maximum absolute atomic E-state index is 12.3. The van der Waals surface area contributed by atoms with E-state index < -0.39 is 5.97 Å². The summed E-state index contributed by atoms with van der Waals surface area (Å²) < 4.78 is 17.0. The van der Waals surface area contributed by atoms with Crippen LogP contribution in [0, 0.1) is 0 Å². The smallest absolute Gasteiger partial charge is 0.338 e. The van der Waals surface area contributed by atoms with Crippen molar-refractivity contribution in [1.29, 1.82) is 0 Å². The quantitative estimate of drug-likeness (QED) is 0.149. The van der Waals surface area contributed by atoms with Crippen LogP contribution in [0.25, 0.3) is 21.5 Å². The molecule has 6 nitrogen and oxygen atoms in total. The van der Waals surface area contributed by atoms with Crippen LogP contribution in [0.5, 0.6) is 11.5 Å². The Bertz CT molecular complexity index is 2160. The number of esters is 1. The van der Waals surface area contributed by atoms with Gasteiger partial charge in [0.1, 0.15) is 31.3 Å². The van der Waals surface area contributed by atoms with Crippen LogP contribution in [0.1, 0.15) is 37.4 Å².